The average molecular weight is 347 g/mol. The van der Waals surface area contributed by atoms with Crippen LogP contribution in [0.25, 0.3) is 0 Å². The molecule has 5 nitrogen and oxygen atoms in total. The molecule has 0 spiro atoms. The Bertz CT molecular complexity index is 738. The normalized spacial score (nSPS) is 11.5. The van der Waals surface area contributed by atoms with Gasteiger partial charge in [-0.25, -0.2) is 13.6 Å². The topological polar surface area (TPSA) is 70.2 Å². The van der Waals surface area contributed by atoms with E-state index in [1.807, 2.05) is 6.07 Å². The van der Waals surface area contributed by atoms with Crippen LogP contribution in [0.5, 0.6) is 0 Å². The molecule has 2 aromatic carbocycles. The second-order valence-corrected chi connectivity index (χ2v) is 5.45. The van der Waals surface area contributed by atoms with Crippen molar-refractivity contribution in [2.24, 2.45) is 0 Å². The number of carbonyl (C=O) groups is 2. The van der Waals surface area contributed by atoms with E-state index in [0.29, 0.717) is 5.69 Å². The Kier molecular flexibility index (Phi) is 6.45. The molecule has 0 aliphatic rings. The Labute approximate surface area is 144 Å². The van der Waals surface area contributed by atoms with Crippen LogP contribution in [0.3, 0.4) is 0 Å². The van der Waals surface area contributed by atoms with Gasteiger partial charge in [0, 0.05) is 30.3 Å². The third-order valence-electron chi connectivity index (χ3n) is 3.48. The van der Waals surface area contributed by atoms with E-state index in [1.54, 1.807) is 31.2 Å². The molecule has 3 amide bonds. The molecule has 0 saturated heterocycles. The van der Waals surface area contributed by atoms with Crippen LogP contribution in [0.4, 0.5) is 19.3 Å². The molecule has 3 N–H and O–H groups in total. The van der Waals surface area contributed by atoms with Crippen LogP contribution in [-0.4, -0.2) is 18.5 Å². The summed E-state index contributed by atoms with van der Waals surface area (Å²) in [5, 5.41) is 7.79. The molecule has 0 unspecified atom stereocenters. The highest BCUT2D eigenvalue weighted by molar-refractivity contribution is 5.89. The minimum absolute atomic E-state index is 0.0371. The molecule has 0 aromatic heterocycles. The number of hydrogen-bond acceptors (Lipinski definition) is 2. The smallest absolute Gasteiger partial charge is 0.319 e. The van der Waals surface area contributed by atoms with Gasteiger partial charge in [-0.2, -0.15) is 0 Å². The fourth-order valence-electron chi connectivity index (χ4n) is 2.23. The summed E-state index contributed by atoms with van der Waals surface area (Å²) >= 11 is 0. The lowest BCUT2D eigenvalue weighted by Crippen LogP contribution is -2.34. The number of urea groups is 1. The van der Waals surface area contributed by atoms with Crippen molar-refractivity contribution in [3.63, 3.8) is 0 Å². The summed E-state index contributed by atoms with van der Waals surface area (Å²) in [6, 6.07) is 11.1. The summed E-state index contributed by atoms with van der Waals surface area (Å²) < 4.78 is 26.6. The van der Waals surface area contributed by atoms with Crippen molar-refractivity contribution in [2.75, 3.05) is 11.9 Å². The highest BCUT2D eigenvalue weighted by Gasteiger charge is 2.14. The van der Waals surface area contributed by atoms with Crippen molar-refractivity contribution in [1.82, 2.24) is 10.6 Å². The Hall–Kier alpha value is -2.96. The first-order valence-electron chi connectivity index (χ1n) is 7.80. The highest BCUT2D eigenvalue weighted by atomic mass is 19.1. The standard InChI is InChI=1S/C18H19F2N3O2/c1-12(15-8-7-13(19)11-16(15)20)22-17(24)9-10-21-18(25)23-14-5-3-2-4-6-14/h2-8,11-12H,9-10H2,1H3,(H,22,24)(H2,21,23,25)/t12-/m1/s1. The van der Waals surface area contributed by atoms with Crippen LogP contribution in [0, 0.1) is 11.6 Å². The molecule has 132 valence electrons. The van der Waals surface area contributed by atoms with Crippen LogP contribution in [0.2, 0.25) is 0 Å². The van der Waals surface area contributed by atoms with Gasteiger partial charge in [-0.15, -0.1) is 0 Å². The molecule has 0 aliphatic carbocycles. The molecule has 2 aromatic rings. The first kappa shape index (κ1) is 18.4. The van der Waals surface area contributed by atoms with E-state index in [9.17, 15) is 18.4 Å². The second-order valence-electron chi connectivity index (χ2n) is 5.45. The molecule has 0 radical (unpaired) electrons. The Balaban J connectivity index is 1.74. The number of rotatable bonds is 6. The fraction of sp³-hybridized carbons (Fsp3) is 0.222. The van der Waals surface area contributed by atoms with Crippen LogP contribution >= 0.6 is 0 Å². The molecule has 25 heavy (non-hydrogen) atoms. The maximum absolute atomic E-state index is 13.7. The SMILES string of the molecule is C[C@@H](NC(=O)CCNC(=O)Nc1ccccc1)c1ccc(F)cc1F. The van der Waals surface area contributed by atoms with Gasteiger partial charge in [0.2, 0.25) is 5.91 Å². The monoisotopic (exact) mass is 347 g/mol. The third kappa shape index (κ3) is 5.87. The van der Waals surface area contributed by atoms with Crippen LogP contribution in [0.15, 0.2) is 48.5 Å². The summed E-state index contributed by atoms with van der Waals surface area (Å²) in [6.07, 6.45) is 0.0371. The fourth-order valence-corrected chi connectivity index (χ4v) is 2.23. The van der Waals surface area contributed by atoms with Crippen LogP contribution in [-0.2, 0) is 4.79 Å². The summed E-state index contributed by atoms with van der Waals surface area (Å²) in [5.74, 6) is -1.74. The zero-order valence-corrected chi connectivity index (χ0v) is 13.7. The number of hydrogen-bond donors (Lipinski definition) is 3. The first-order chi connectivity index (χ1) is 12.0. The summed E-state index contributed by atoms with van der Waals surface area (Å²) in [7, 11) is 0. The molecule has 0 fully saturated rings. The highest BCUT2D eigenvalue weighted by Crippen LogP contribution is 2.17. The van der Waals surface area contributed by atoms with Crippen molar-refractivity contribution in [2.45, 2.75) is 19.4 Å². The maximum atomic E-state index is 13.7. The zero-order valence-electron chi connectivity index (χ0n) is 13.7. The lowest BCUT2D eigenvalue weighted by molar-refractivity contribution is -0.121. The van der Waals surface area contributed by atoms with Gasteiger partial charge in [0.1, 0.15) is 11.6 Å². The molecule has 2 rings (SSSR count). The van der Waals surface area contributed by atoms with Gasteiger partial charge < -0.3 is 16.0 Å². The van der Waals surface area contributed by atoms with Crippen molar-refractivity contribution in [3.8, 4) is 0 Å². The van der Waals surface area contributed by atoms with E-state index in [2.05, 4.69) is 16.0 Å². The molecule has 1 atom stereocenters. The summed E-state index contributed by atoms with van der Waals surface area (Å²) in [6.45, 7) is 1.73. The number of halogens is 2. The number of nitrogens with one attached hydrogen (secondary N) is 3. The van der Waals surface area contributed by atoms with E-state index < -0.39 is 23.7 Å². The van der Waals surface area contributed by atoms with Crippen molar-refractivity contribution in [3.05, 3.63) is 65.7 Å². The number of amides is 3. The van der Waals surface area contributed by atoms with Crippen molar-refractivity contribution < 1.29 is 18.4 Å². The largest absolute Gasteiger partial charge is 0.349 e. The minimum Gasteiger partial charge on any atom is -0.349 e. The quantitative estimate of drug-likeness (QED) is 0.750. The van der Waals surface area contributed by atoms with Crippen LogP contribution in [0.1, 0.15) is 24.9 Å². The predicted molar refractivity (Wildman–Crippen MR) is 91.0 cm³/mol. The molecule has 0 heterocycles. The van der Waals surface area contributed by atoms with E-state index in [4.69, 9.17) is 0 Å². The number of benzene rings is 2. The predicted octanol–water partition coefficient (Wildman–Crippen LogP) is 3.35. The van der Waals surface area contributed by atoms with Gasteiger partial charge in [-0.1, -0.05) is 24.3 Å². The number of para-hydroxylation sites is 1. The van der Waals surface area contributed by atoms with Gasteiger partial charge in [-0.05, 0) is 25.1 Å². The second kappa shape index (κ2) is 8.77. The summed E-state index contributed by atoms with van der Waals surface area (Å²) in [5.41, 5.74) is 0.842. The molecule has 0 saturated carbocycles. The van der Waals surface area contributed by atoms with E-state index in [-0.39, 0.29) is 24.4 Å². The Morgan fingerprint density at radius 2 is 1.80 bits per heavy atom. The lowest BCUT2D eigenvalue weighted by atomic mass is 10.1. The Morgan fingerprint density at radius 1 is 1.08 bits per heavy atom. The van der Waals surface area contributed by atoms with Crippen molar-refractivity contribution in [1.29, 1.82) is 0 Å². The minimum atomic E-state index is -0.715. The van der Waals surface area contributed by atoms with Crippen LogP contribution < -0.4 is 16.0 Å². The Morgan fingerprint density at radius 3 is 2.48 bits per heavy atom. The molecule has 0 aliphatic heterocycles. The molecule has 7 heteroatoms. The molecule has 0 bridgehead atoms. The van der Waals surface area contributed by atoms with Gasteiger partial charge in [0.05, 0.1) is 6.04 Å². The molecular formula is C18H19F2N3O2. The summed E-state index contributed by atoms with van der Waals surface area (Å²) in [4.78, 5) is 23.5. The maximum Gasteiger partial charge on any atom is 0.319 e. The number of anilines is 1. The van der Waals surface area contributed by atoms with Gasteiger partial charge >= 0.3 is 6.03 Å². The van der Waals surface area contributed by atoms with Gasteiger partial charge in [0.15, 0.2) is 0 Å². The number of carbonyl (C=O) groups excluding carboxylic acids is 2. The van der Waals surface area contributed by atoms with E-state index in [0.717, 1.165) is 12.1 Å². The first-order valence-corrected chi connectivity index (χ1v) is 7.80. The molecular weight excluding hydrogens is 328 g/mol. The van der Waals surface area contributed by atoms with E-state index >= 15 is 0 Å². The van der Waals surface area contributed by atoms with E-state index in [1.165, 1.54) is 6.07 Å². The average Bonchev–Trinajstić information content (AvgIpc) is 2.55. The van der Waals surface area contributed by atoms with Gasteiger partial charge in [-0.3, -0.25) is 4.79 Å². The zero-order chi connectivity index (χ0) is 18.2. The van der Waals surface area contributed by atoms with Crippen molar-refractivity contribution >= 4 is 17.6 Å². The van der Waals surface area contributed by atoms with Gasteiger partial charge in [0.25, 0.3) is 0 Å². The third-order valence-corrected chi connectivity index (χ3v) is 3.48. The lowest BCUT2D eigenvalue weighted by Gasteiger charge is -2.15.